The highest BCUT2D eigenvalue weighted by Gasteiger charge is 2.54. The van der Waals surface area contributed by atoms with Crippen LogP contribution in [-0.4, -0.2) is 0 Å². The van der Waals surface area contributed by atoms with Gasteiger partial charge in [-0.2, -0.15) is 0 Å². The molecule has 2 atom stereocenters. The van der Waals surface area contributed by atoms with Crippen LogP contribution in [0.3, 0.4) is 0 Å². The molecule has 0 radical (unpaired) electrons. The van der Waals surface area contributed by atoms with Crippen molar-refractivity contribution >= 4 is 0 Å². The second-order valence-electron chi connectivity index (χ2n) is 4.16. The third-order valence-corrected chi connectivity index (χ3v) is 3.38. The highest BCUT2D eigenvalue weighted by Crippen LogP contribution is 2.64. The molecule has 0 N–H and O–H groups in total. The van der Waals surface area contributed by atoms with Crippen molar-refractivity contribution in [3.63, 3.8) is 0 Å². The fourth-order valence-corrected chi connectivity index (χ4v) is 2.12. The number of hydrogen-bond acceptors (Lipinski definition) is 0. The second kappa shape index (κ2) is 1.53. The smallest absolute Gasteiger partial charge is 0.0294 e. The van der Waals surface area contributed by atoms with Gasteiger partial charge in [-0.3, -0.25) is 0 Å². The molecule has 0 heterocycles. The van der Waals surface area contributed by atoms with Crippen LogP contribution in [0, 0.1) is 17.3 Å². The molecule has 0 saturated heterocycles. The molecule has 0 heteroatoms. The summed E-state index contributed by atoms with van der Waals surface area (Å²) in [7, 11) is 0. The molecular weight excluding hydrogens is 108 g/mol. The Labute approximate surface area is 57.6 Å². The van der Waals surface area contributed by atoms with E-state index in [0.29, 0.717) is 0 Å². The molecule has 0 aromatic heterocycles. The fourth-order valence-electron chi connectivity index (χ4n) is 2.12. The third-order valence-electron chi connectivity index (χ3n) is 3.38. The summed E-state index contributed by atoms with van der Waals surface area (Å²) in [6, 6.07) is 0. The monoisotopic (exact) mass is 124 g/mol. The van der Waals surface area contributed by atoms with Crippen molar-refractivity contribution in [3.05, 3.63) is 0 Å². The largest absolute Gasteiger partial charge is 0.0651 e. The van der Waals surface area contributed by atoms with Crippen LogP contribution < -0.4 is 0 Å². The molecule has 2 rings (SSSR count). The van der Waals surface area contributed by atoms with Crippen LogP contribution in [0.4, 0.5) is 0 Å². The maximum absolute atomic E-state index is 2.47. The van der Waals surface area contributed by atoms with Crippen LogP contribution in [-0.2, 0) is 0 Å². The zero-order valence-corrected chi connectivity index (χ0v) is 6.48. The van der Waals surface area contributed by atoms with Crippen LogP contribution in [0.1, 0.15) is 39.5 Å². The molecule has 2 aliphatic carbocycles. The fraction of sp³-hybridized carbons (Fsp3) is 1.00. The minimum atomic E-state index is 0.834. The number of hydrogen-bond donors (Lipinski definition) is 0. The lowest BCUT2D eigenvalue weighted by molar-refractivity contribution is 0.451. The Hall–Kier alpha value is 0. The minimum absolute atomic E-state index is 0.834. The molecule has 0 aromatic carbocycles. The first kappa shape index (κ1) is 5.76. The first-order valence-electron chi connectivity index (χ1n) is 4.26. The topological polar surface area (TPSA) is 0 Å². The van der Waals surface area contributed by atoms with Crippen LogP contribution in [0.25, 0.3) is 0 Å². The molecule has 2 fully saturated rings. The van der Waals surface area contributed by atoms with Gasteiger partial charge in [0.15, 0.2) is 0 Å². The highest BCUT2D eigenvalue weighted by atomic mass is 14.6. The van der Waals surface area contributed by atoms with Gasteiger partial charge < -0.3 is 0 Å². The van der Waals surface area contributed by atoms with Crippen molar-refractivity contribution in [3.8, 4) is 0 Å². The van der Waals surface area contributed by atoms with E-state index in [2.05, 4.69) is 13.8 Å². The summed E-state index contributed by atoms with van der Waals surface area (Å²) in [6.07, 6.45) is 6.02. The summed E-state index contributed by atoms with van der Waals surface area (Å²) in [5.74, 6) is 2.26. The lowest BCUT2D eigenvalue weighted by Gasteiger charge is -2.04. The maximum atomic E-state index is 2.47. The highest BCUT2D eigenvalue weighted by molar-refractivity contribution is 5.04. The molecular formula is C9H16. The zero-order valence-electron chi connectivity index (χ0n) is 6.48. The second-order valence-corrected chi connectivity index (χ2v) is 4.16. The van der Waals surface area contributed by atoms with E-state index in [9.17, 15) is 0 Å². The Morgan fingerprint density at radius 3 is 2.44 bits per heavy atom. The van der Waals surface area contributed by atoms with Crippen molar-refractivity contribution in [2.45, 2.75) is 39.5 Å². The summed E-state index contributed by atoms with van der Waals surface area (Å²) in [5.41, 5.74) is 0.834. The van der Waals surface area contributed by atoms with Crippen molar-refractivity contribution in [2.24, 2.45) is 17.3 Å². The van der Waals surface area contributed by atoms with Gasteiger partial charge in [-0.1, -0.05) is 20.3 Å². The lowest BCUT2D eigenvalue weighted by atomic mass is 10.0. The SMILES string of the molecule is CCC1CC1C1(C)CC1. The molecule has 0 nitrogen and oxygen atoms in total. The molecule has 0 spiro atoms. The van der Waals surface area contributed by atoms with E-state index in [-0.39, 0.29) is 0 Å². The quantitative estimate of drug-likeness (QED) is 0.531. The van der Waals surface area contributed by atoms with Crippen molar-refractivity contribution < 1.29 is 0 Å². The first-order chi connectivity index (χ1) is 4.26. The summed E-state index contributed by atoms with van der Waals surface area (Å²) >= 11 is 0. The van der Waals surface area contributed by atoms with E-state index < -0.39 is 0 Å². The van der Waals surface area contributed by atoms with Gasteiger partial charge in [0.2, 0.25) is 0 Å². The Morgan fingerprint density at radius 2 is 2.11 bits per heavy atom. The van der Waals surface area contributed by atoms with E-state index in [1.165, 1.54) is 19.3 Å². The number of rotatable bonds is 2. The molecule has 9 heavy (non-hydrogen) atoms. The summed E-state index contributed by atoms with van der Waals surface area (Å²) in [6.45, 7) is 4.80. The molecule has 0 bridgehead atoms. The van der Waals surface area contributed by atoms with Gasteiger partial charge in [-0.25, -0.2) is 0 Å². The summed E-state index contributed by atoms with van der Waals surface area (Å²) in [4.78, 5) is 0. The average molecular weight is 124 g/mol. The predicted molar refractivity (Wildman–Crippen MR) is 39.2 cm³/mol. The standard InChI is InChI=1S/C9H16/c1-3-7-6-8(7)9(2)4-5-9/h7-8H,3-6H2,1-2H3. The van der Waals surface area contributed by atoms with Crippen molar-refractivity contribution in [2.75, 3.05) is 0 Å². The molecule has 2 aliphatic rings. The van der Waals surface area contributed by atoms with Gasteiger partial charge in [0.1, 0.15) is 0 Å². The Kier molecular flexibility index (Phi) is 0.980. The van der Waals surface area contributed by atoms with Gasteiger partial charge in [0, 0.05) is 0 Å². The van der Waals surface area contributed by atoms with Crippen LogP contribution in [0.2, 0.25) is 0 Å². The van der Waals surface area contributed by atoms with Gasteiger partial charge in [0.05, 0.1) is 0 Å². The predicted octanol–water partition coefficient (Wildman–Crippen LogP) is 2.83. The Bertz CT molecular complexity index is 122. The Balaban J connectivity index is 1.90. The van der Waals surface area contributed by atoms with E-state index in [1.807, 2.05) is 0 Å². The van der Waals surface area contributed by atoms with Gasteiger partial charge in [-0.05, 0) is 36.5 Å². The van der Waals surface area contributed by atoms with Crippen molar-refractivity contribution in [1.82, 2.24) is 0 Å². The van der Waals surface area contributed by atoms with Crippen molar-refractivity contribution in [1.29, 1.82) is 0 Å². The molecule has 0 aliphatic heterocycles. The molecule has 0 aromatic rings. The van der Waals surface area contributed by atoms with E-state index in [4.69, 9.17) is 0 Å². The molecule has 2 saturated carbocycles. The summed E-state index contributed by atoms with van der Waals surface area (Å²) in [5, 5.41) is 0. The van der Waals surface area contributed by atoms with E-state index in [1.54, 1.807) is 6.42 Å². The zero-order chi connectivity index (χ0) is 6.48. The maximum Gasteiger partial charge on any atom is -0.0294 e. The molecule has 52 valence electrons. The molecule has 0 amide bonds. The van der Waals surface area contributed by atoms with Crippen LogP contribution >= 0.6 is 0 Å². The third kappa shape index (κ3) is 0.798. The van der Waals surface area contributed by atoms with E-state index >= 15 is 0 Å². The van der Waals surface area contributed by atoms with Gasteiger partial charge >= 0.3 is 0 Å². The van der Waals surface area contributed by atoms with Crippen LogP contribution in [0.5, 0.6) is 0 Å². The summed E-state index contributed by atoms with van der Waals surface area (Å²) < 4.78 is 0. The minimum Gasteiger partial charge on any atom is -0.0651 e. The first-order valence-corrected chi connectivity index (χ1v) is 4.26. The van der Waals surface area contributed by atoms with E-state index in [0.717, 1.165) is 17.3 Å². The molecule has 2 unspecified atom stereocenters. The van der Waals surface area contributed by atoms with Gasteiger partial charge in [-0.15, -0.1) is 0 Å². The van der Waals surface area contributed by atoms with Crippen LogP contribution in [0.15, 0.2) is 0 Å². The van der Waals surface area contributed by atoms with Gasteiger partial charge in [0.25, 0.3) is 0 Å². The normalized spacial score (nSPS) is 44.7. The Morgan fingerprint density at radius 1 is 1.44 bits per heavy atom. The average Bonchev–Trinajstić information content (AvgIpc) is 2.60. The lowest BCUT2D eigenvalue weighted by Crippen LogP contribution is -1.96.